The molecule has 0 radical (unpaired) electrons. The zero-order valence-electron chi connectivity index (χ0n) is 7.89. The first-order valence-corrected chi connectivity index (χ1v) is 4.11. The number of hydrogen-bond acceptors (Lipinski definition) is 1. The maximum absolute atomic E-state index is 12.3. The van der Waals surface area contributed by atoms with E-state index >= 15 is 0 Å². The van der Waals surface area contributed by atoms with Gasteiger partial charge in [0.1, 0.15) is 0 Å². The van der Waals surface area contributed by atoms with Crippen molar-refractivity contribution in [1.82, 2.24) is 0 Å². The van der Waals surface area contributed by atoms with Gasteiger partial charge >= 0.3 is 6.18 Å². The van der Waals surface area contributed by atoms with Crippen LogP contribution < -0.4 is 0 Å². The molecule has 0 bridgehead atoms. The van der Waals surface area contributed by atoms with Crippen molar-refractivity contribution in [2.75, 3.05) is 0 Å². The Morgan fingerprint density at radius 2 is 1.93 bits per heavy atom. The minimum atomic E-state index is -4.30. The second-order valence-electron chi connectivity index (χ2n) is 2.89. The van der Waals surface area contributed by atoms with E-state index in [0.717, 1.165) is 17.7 Å². The molecule has 0 heterocycles. The van der Waals surface area contributed by atoms with Crippen molar-refractivity contribution in [2.24, 2.45) is 4.99 Å². The summed E-state index contributed by atoms with van der Waals surface area (Å²) < 4.78 is 36.9. The van der Waals surface area contributed by atoms with Gasteiger partial charge in [0.2, 0.25) is 0 Å². The van der Waals surface area contributed by atoms with E-state index < -0.39 is 11.7 Å². The van der Waals surface area contributed by atoms with Gasteiger partial charge in [0.05, 0.1) is 11.3 Å². The Morgan fingerprint density at radius 3 is 2.43 bits per heavy atom. The molecule has 0 unspecified atom stereocenters. The van der Waals surface area contributed by atoms with Crippen molar-refractivity contribution >= 4 is 11.9 Å². The highest BCUT2D eigenvalue weighted by Crippen LogP contribution is 2.32. The maximum atomic E-state index is 12.3. The van der Waals surface area contributed by atoms with Crippen LogP contribution in [0.3, 0.4) is 0 Å². The minimum Gasteiger partial charge on any atom is -0.261 e. The summed E-state index contributed by atoms with van der Waals surface area (Å²) in [5, 5.41) is 0. The number of halogens is 3. The fourth-order valence-corrected chi connectivity index (χ4v) is 1.06. The number of benzene rings is 1. The molecule has 0 aliphatic carbocycles. The van der Waals surface area contributed by atoms with Crippen LogP contribution in [-0.4, -0.2) is 6.21 Å². The standard InChI is InChI=1S/C10H10F3N/c1-3-14-9-6-8(10(11,12)13)5-4-7(9)2/h3-6H,1-2H3/b14-3-. The van der Waals surface area contributed by atoms with Gasteiger partial charge in [-0.2, -0.15) is 13.2 Å². The zero-order valence-corrected chi connectivity index (χ0v) is 7.89. The molecule has 0 amide bonds. The third kappa shape index (κ3) is 2.34. The third-order valence-corrected chi connectivity index (χ3v) is 1.80. The van der Waals surface area contributed by atoms with Crippen molar-refractivity contribution in [3.63, 3.8) is 0 Å². The van der Waals surface area contributed by atoms with Crippen molar-refractivity contribution in [3.05, 3.63) is 29.3 Å². The van der Waals surface area contributed by atoms with Crippen molar-refractivity contribution < 1.29 is 13.2 Å². The van der Waals surface area contributed by atoms with E-state index in [9.17, 15) is 13.2 Å². The first-order chi connectivity index (χ1) is 6.45. The summed E-state index contributed by atoms with van der Waals surface area (Å²) in [6.45, 7) is 3.39. The molecule has 0 fully saturated rings. The number of rotatable bonds is 1. The molecule has 76 valence electrons. The molecular formula is C10H10F3N. The normalized spacial score (nSPS) is 12.4. The van der Waals surface area contributed by atoms with Crippen LogP contribution in [0.25, 0.3) is 0 Å². The van der Waals surface area contributed by atoms with Gasteiger partial charge in [0.25, 0.3) is 0 Å². The van der Waals surface area contributed by atoms with Crippen LogP contribution in [0.15, 0.2) is 23.2 Å². The molecule has 1 aromatic rings. The summed E-state index contributed by atoms with van der Waals surface area (Å²) in [4.78, 5) is 3.86. The van der Waals surface area contributed by atoms with Gasteiger partial charge in [-0.1, -0.05) is 6.07 Å². The highest BCUT2D eigenvalue weighted by Gasteiger charge is 2.30. The quantitative estimate of drug-likeness (QED) is 0.614. The van der Waals surface area contributed by atoms with Crippen LogP contribution in [0, 0.1) is 6.92 Å². The van der Waals surface area contributed by atoms with Gasteiger partial charge in [-0.15, -0.1) is 0 Å². The van der Waals surface area contributed by atoms with Crippen LogP contribution in [0.1, 0.15) is 18.1 Å². The Hall–Kier alpha value is -1.32. The molecule has 4 heteroatoms. The summed E-state index contributed by atoms with van der Waals surface area (Å²) in [6.07, 6.45) is -2.83. The summed E-state index contributed by atoms with van der Waals surface area (Å²) in [5.41, 5.74) is 0.433. The Morgan fingerprint density at radius 1 is 1.29 bits per heavy atom. The van der Waals surface area contributed by atoms with Crippen molar-refractivity contribution in [1.29, 1.82) is 0 Å². The highest BCUT2D eigenvalue weighted by atomic mass is 19.4. The molecule has 0 aliphatic heterocycles. The SMILES string of the molecule is C/C=N\c1cc(C(F)(F)F)ccc1C. The average molecular weight is 201 g/mol. The van der Waals surface area contributed by atoms with E-state index in [0.29, 0.717) is 5.69 Å². The van der Waals surface area contributed by atoms with Crippen LogP contribution in [0.5, 0.6) is 0 Å². The van der Waals surface area contributed by atoms with E-state index in [1.165, 1.54) is 12.3 Å². The number of nitrogens with zero attached hydrogens (tertiary/aromatic N) is 1. The van der Waals surface area contributed by atoms with Crippen molar-refractivity contribution in [3.8, 4) is 0 Å². The number of aliphatic imine (C=N–C) groups is 1. The maximum Gasteiger partial charge on any atom is 0.416 e. The molecule has 0 spiro atoms. The lowest BCUT2D eigenvalue weighted by atomic mass is 10.1. The Bertz CT molecular complexity index is 353. The minimum absolute atomic E-state index is 0.363. The predicted molar refractivity (Wildman–Crippen MR) is 50.0 cm³/mol. The summed E-state index contributed by atoms with van der Waals surface area (Å²) in [7, 11) is 0. The molecule has 0 saturated carbocycles. The Kier molecular flexibility index (Phi) is 2.93. The zero-order chi connectivity index (χ0) is 10.8. The molecule has 0 aliphatic rings. The summed E-state index contributed by atoms with van der Waals surface area (Å²) in [5.74, 6) is 0. The molecule has 1 nitrogen and oxygen atoms in total. The Balaban J connectivity index is 3.19. The van der Waals surface area contributed by atoms with Gasteiger partial charge in [-0.3, -0.25) is 4.99 Å². The number of aryl methyl sites for hydroxylation is 1. The van der Waals surface area contributed by atoms with Gasteiger partial charge in [0.15, 0.2) is 0 Å². The number of hydrogen-bond donors (Lipinski definition) is 0. The first kappa shape index (κ1) is 10.8. The van der Waals surface area contributed by atoms with Crippen LogP contribution in [-0.2, 0) is 6.18 Å². The fraction of sp³-hybridized carbons (Fsp3) is 0.300. The lowest BCUT2D eigenvalue weighted by Gasteiger charge is -2.08. The van der Waals surface area contributed by atoms with E-state index in [1.54, 1.807) is 13.8 Å². The van der Waals surface area contributed by atoms with Crippen LogP contribution >= 0.6 is 0 Å². The van der Waals surface area contributed by atoms with Crippen LogP contribution in [0.2, 0.25) is 0 Å². The molecule has 0 atom stereocenters. The molecule has 0 saturated heterocycles. The average Bonchev–Trinajstić information content (AvgIpc) is 2.07. The van der Waals surface area contributed by atoms with Gasteiger partial charge in [-0.05, 0) is 31.5 Å². The van der Waals surface area contributed by atoms with E-state index in [-0.39, 0.29) is 0 Å². The fourth-order valence-electron chi connectivity index (χ4n) is 1.06. The summed E-state index contributed by atoms with van der Waals surface area (Å²) >= 11 is 0. The van der Waals surface area contributed by atoms with E-state index in [2.05, 4.69) is 4.99 Å². The van der Waals surface area contributed by atoms with E-state index in [1.807, 2.05) is 0 Å². The topological polar surface area (TPSA) is 12.4 Å². The summed E-state index contributed by atoms with van der Waals surface area (Å²) in [6, 6.07) is 3.53. The van der Waals surface area contributed by atoms with Gasteiger partial charge < -0.3 is 0 Å². The monoisotopic (exact) mass is 201 g/mol. The molecule has 1 aromatic carbocycles. The largest absolute Gasteiger partial charge is 0.416 e. The van der Waals surface area contributed by atoms with E-state index in [4.69, 9.17) is 0 Å². The third-order valence-electron chi connectivity index (χ3n) is 1.80. The van der Waals surface area contributed by atoms with Crippen molar-refractivity contribution in [2.45, 2.75) is 20.0 Å². The second kappa shape index (κ2) is 3.82. The molecule has 1 rings (SSSR count). The lowest BCUT2D eigenvalue weighted by molar-refractivity contribution is -0.137. The van der Waals surface area contributed by atoms with Gasteiger partial charge in [-0.25, -0.2) is 0 Å². The Labute approximate surface area is 80.3 Å². The molecule has 0 aromatic heterocycles. The lowest BCUT2D eigenvalue weighted by Crippen LogP contribution is -2.04. The first-order valence-electron chi connectivity index (χ1n) is 4.11. The number of alkyl halides is 3. The highest BCUT2D eigenvalue weighted by molar-refractivity contribution is 5.62. The molecule has 0 N–H and O–H groups in total. The van der Waals surface area contributed by atoms with Gasteiger partial charge in [0, 0.05) is 6.21 Å². The molecular weight excluding hydrogens is 191 g/mol. The molecule has 14 heavy (non-hydrogen) atoms. The van der Waals surface area contributed by atoms with Crippen LogP contribution in [0.4, 0.5) is 18.9 Å². The predicted octanol–water partition coefficient (Wildman–Crippen LogP) is 3.74. The smallest absolute Gasteiger partial charge is 0.261 e. The second-order valence-corrected chi connectivity index (χ2v) is 2.89.